The average Bonchev–Trinajstić information content (AvgIpc) is 3.34. The fourth-order valence-electron chi connectivity index (χ4n) is 3.79. The average molecular weight is 495 g/mol. The Kier molecular flexibility index (Phi) is 7.31. The second-order valence-electron chi connectivity index (χ2n) is 8.23. The van der Waals surface area contributed by atoms with Crippen LogP contribution in [0.4, 0.5) is 16.3 Å². The Morgan fingerprint density at radius 1 is 1.09 bits per heavy atom. The molecule has 1 saturated heterocycles. The summed E-state index contributed by atoms with van der Waals surface area (Å²) < 4.78 is 33.1. The number of pyridine rings is 1. The molecule has 1 atom stereocenters. The number of nitrogens with zero attached hydrogens (tertiary/aromatic N) is 2. The molecule has 1 aliphatic rings. The first-order valence-electron chi connectivity index (χ1n) is 11.2. The molecule has 0 unspecified atom stereocenters. The minimum absolute atomic E-state index is 0.0331. The maximum atomic E-state index is 12.9. The Labute approximate surface area is 204 Å². The van der Waals surface area contributed by atoms with Gasteiger partial charge in [0, 0.05) is 18.4 Å². The van der Waals surface area contributed by atoms with Gasteiger partial charge in [-0.15, -0.1) is 0 Å². The van der Waals surface area contributed by atoms with E-state index in [2.05, 4.69) is 15.0 Å². The molecule has 0 radical (unpaired) electrons. The second-order valence-corrected chi connectivity index (χ2v) is 9.91. The van der Waals surface area contributed by atoms with Gasteiger partial charge in [0.1, 0.15) is 18.5 Å². The van der Waals surface area contributed by atoms with Crippen LogP contribution < -0.4 is 10.0 Å². The molecule has 182 valence electrons. The van der Waals surface area contributed by atoms with Crippen LogP contribution in [0.15, 0.2) is 77.8 Å². The number of sulfonamides is 1. The predicted molar refractivity (Wildman–Crippen MR) is 131 cm³/mol. The van der Waals surface area contributed by atoms with Crippen molar-refractivity contribution < 1.29 is 22.7 Å². The first-order valence-corrected chi connectivity index (χ1v) is 12.6. The Bertz CT molecular complexity index is 1300. The number of rotatable bonds is 7. The van der Waals surface area contributed by atoms with Crippen LogP contribution in [0.2, 0.25) is 0 Å². The van der Waals surface area contributed by atoms with E-state index in [1.54, 1.807) is 12.1 Å². The van der Waals surface area contributed by atoms with Gasteiger partial charge in [-0.25, -0.2) is 18.2 Å². The van der Waals surface area contributed by atoms with Crippen molar-refractivity contribution in [3.63, 3.8) is 0 Å². The van der Waals surface area contributed by atoms with Crippen molar-refractivity contribution in [2.45, 2.75) is 37.3 Å². The number of ether oxygens (including phenoxy) is 1. The minimum Gasteiger partial charge on any atom is -0.445 e. The summed E-state index contributed by atoms with van der Waals surface area (Å²) in [5.41, 5.74) is 2.16. The van der Waals surface area contributed by atoms with Crippen molar-refractivity contribution in [2.24, 2.45) is 0 Å². The minimum atomic E-state index is -3.83. The molecule has 9 nitrogen and oxygen atoms in total. The summed E-state index contributed by atoms with van der Waals surface area (Å²) in [7, 11) is -3.83. The van der Waals surface area contributed by atoms with Crippen molar-refractivity contribution >= 4 is 33.5 Å². The van der Waals surface area contributed by atoms with Crippen LogP contribution in [0, 0.1) is 6.92 Å². The molecule has 2 heterocycles. The molecule has 2 N–H and O–H groups in total. The van der Waals surface area contributed by atoms with Crippen molar-refractivity contribution in [1.82, 2.24) is 9.88 Å². The smallest absolute Gasteiger partial charge is 0.410 e. The van der Waals surface area contributed by atoms with Crippen molar-refractivity contribution in [1.29, 1.82) is 0 Å². The number of aromatic nitrogens is 1. The highest BCUT2D eigenvalue weighted by molar-refractivity contribution is 7.92. The molecule has 0 bridgehead atoms. The first-order chi connectivity index (χ1) is 16.8. The van der Waals surface area contributed by atoms with Crippen LogP contribution in [0.3, 0.4) is 0 Å². The maximum absolute atomic E-state index is 12.9. The van der Waals surface area contributed by atoms with E-state index in [9.17, 15) is 18.0 Å². The molecule has 10 heteroatoms. The molecule has 0 spiro atoms. The quantitative estimate of drug-likeness (QED) is 0.514. The lowest BCUT2D eigenvalue weighted by Gasteiger charge is -2.23. The highest BCUT2D eigenvalue weighted by atomic mass is 32.2. The van der Waals surface area contributed by atoms with Gasteiger partial charge in [0.2, 0.25) is 5.91 Å². The predicted octanol–water partition coefficient (Wildman–Crippen LogP) is 3.93. The van der Waals surface area contributed by atoms with E-state index in [4.69, 9.17) is 4.74 Å². The number of benzene rings is 2. The maximum Gasteiger partial charge on any atom is 0.410 e. The van der Waals surface area contributed by atoms with Crippen molar-refractivity contribution in [3.8, 4) is 0 Å². The Hall–Kier alpha value is -3.92. The number of anilines is 2. The van der Waals surface area contributed by atoms with E-state index in [1.165, 1.54) is 35.4 Å². The Balaban J connectivity index is 1.36. The zero-order chi connectivity index (χ0) is 24.8. The number of likely N-dealkylation sites (tertiary alicyclic amines) is 1. The van der Waals surface area contributed by atoms with Gasteiger partial charge in [0.15, 0.2) is 0 Å². The highest BCUT2D eigenvalue weighted by Crippen LogP contribution is 2.22. The van der Waals surface area contributed by atoms with Crippen molar-refractivity contribution in [3.05, 3.63) is 84.1 Å². The number of hydrogen-bond acceptors (Lipinski definition) is 6. The third-order valence-electron chi connectivity index (χ3n) is 5.58. The van der Waals surface area contributed by atoms with Gasteiger partial charge in [-0.2, -0.15) is 0 Å². The summed E-state index contributed by atoms with van der Waals surface area (Å²) in [5, 5.41) is 2.76. The lowest BCUT2D eigenvalue weighted by molar-refractivity contribution is -0.120. The number of hydrogen-bond donors (Lipinski definition) is 2. The largest absolute Gasteiger partial charge is 0.445 e. The molecule has 0 saturated carbocycles. The van der Waals surface area contributed by atoms with E-state index in [0.717, 1.165) is 11.1 Å². The summed E-state index contributed by atoms with van der Waals surface area (Å²) >= 11 is 0. The first kappa shape index (κ1) is 24.2. The highest BCUT2D eigenvalue weighted by Gasteiger charge is 2.35. The molecule has 3 aromatic rings. The standard InChI is InChI=1S/C25H26N4O5S/c1-18-13-14-26-23(16-18)28-35(32,33)21-11-9-20(10-12-21)27-24(30)22-8-5-15-29(22)25(31)34-17-19-6-3-2-4-7-19/h2-4,6-7,9-14,16,22H,5,8,15,17H2,1H3,(H,26,28)(H,27,30)/t22-/m0/s1. The van der Waals surface area contributed by atoms with Crippen LogP contribution >= 0.6 is 0 Å². The van der Waals surface area contributed by atoms with Crippen LogP contribution in [0.1, 0.15) is 24.0 Å². The molecule has 1 aliphatic heterocycles. The number of nitrogens with one attached hydrogen (secondary N) is 2. The normalized spacial score (nSPS) is 15.5. The van der Waals surface area contributed by atoms with Gasteiger partial charge >= 0.3 is 6.09 Å². The van der Waals surface area contributed by atoms with Gasteiger partial charge in [-0.05, 0) is 67.3 Å². The summed E-state index contributed by atoms with van der Waals surface area (Å²) in [6.07, 6.45) is 2.19. The second kappa shape index (κ2) is 10.6. The number of carbonyl (C=O) groups excluding carboxylic acids is 2. The molecular formula is C25H26N4O5S. The van der Waals surface area contributed by atoms with Gasteiger partial charge in [-0.3, -0.25) is 14.4 Å². The van der Waals surface area contributed by atoms with Crippen LogP contribution in [0.5, 0.6) is 0 Å². The van der Waals surface area contributed by atoms with E-state index in [-0.39, 0.29) is 23.2 Å². The van der Waals surface area contributed by atoms with Gasteiger partial charge in [0.05, 0.1) is 4.90 Å². The van der Waals surface area contributed by atoms with E-state index >= 15 is 0 Å². The van der Waals surface area contributed by atoms with Crippen LogP contribution in [0.25, 0.3) is 0 Å². The Morgan fingerprint density at radius 3 is 2.54 bits per heavy atom. The van der Waals surface area contributed by atoms with E-state index in [1.807, 2.05) is 37.3 Å². The topological polar surface area (TPSA) is 118 Å². The SMILES string of the molecule is Cc1ccnc(NS(=O)(=O)c2ccc(NC(=O)[C@@H]3CCCN3C(=O)OCc3ccccc3)cc2)c1. The summed E-state index contributed by atoms with van der Waals surface area (Å²) in [6.45, 7) is 2.40. The lowest BCUT2D eigenvalue weighted by Crippen LogP contribution is -2.43. The Morgan fingerprint density at radius 2 is 1.83 bits per heavy atom. The molecule has 2 aromatic carbocycles. The fourth-order valence-corrected chi connectivity index (χ4v) is 4.79. The molecule has 1 aromatic heterocycles. The number of carbonyl (C=O) groups is 2. The number of amides is 2. The third kappa shape index (κ3) is 6.15. The summed E-state index contributed by atoms with van der Waals surface area (Å²) in [6, 6.07) is 17.9. The molecule has 2 amide bonds. The number of aryl methyl sites for hydroxylation is 1. The monoisotopic (exact) mass is 494 g/mol. The fraction of sp³-hybridized carbons (Fsp3) is 0.240. The molecule has 1 fully saturated rings. The van der Waals surface area contributed by atoms with E-state index < -0.39 is 22.2 Å². The molecular weight excluding hydrogens is 468 g/mol. The van der Waals surface area contributed by atoms with Crippen molar-refractivity contribution in [2.75, 3.05) is 16.6 Å². The van der Waals surface area contributed by atoms with Crippen LogP contribution in [-0.4, -0.2) is 42.9 Å². The van der Waals surface area contributed by atoms with Gasteiger partial charge in [0.25, 0.3) is 10.0 Å². The molecule has 35 heavy (non-hydrogen) atoms. The lowest BCUT2D eigenvalue weighted by atomic mass is 10.2. The zero-order valence-electron chi connectivity index (χ0n) is 19.2. The van der Waals surface area contributed by atoms with Gasteiger partial charge in [-0.1, -0.05) is 30.3 Å². The summed E-state index contributed by atoms with van der Waals surface area (Å²) in [4.78, 5) is 30.9. The van der Waals surface area contributed by atoms with E-state index in [0.29, 0.717) is 25.1 Å². The molecule has 0 aliphatic carbocycles. The van der Waals surface area contributed by atoms with Crippen LogP contribution in [-0.2, 0) is 26.2 Å². The summed E-state index contributed by atoms with van der Waals surface area (Å²) in [5.74, 6) is -0.125. The zero-order valence-corrected chi connectivity index (χ0v) is 20.0. The third-order valence-corrected chi connectivity index (χ3v) is 6.95. The van der Waals surface area contributed by atoms with Gasteiger partial charge < -0.3 is 10.1 Å². The molecule has 4 rings (SSSR count).